The maximum absolute atomic E-state index is 13.6. The number of hydrogen-bond donors (Lipinski definition) is 0. The Labute approximate surface area is 157 Å². The molecule has 0 spiro atoms. The van der Waals surface area contributed by atoms with Gasteiger partial charge in [0.15, 0.2) is 0 Å². The van der Waals surface area contributed by atoms with Crippen molar-refractivity contribution >= 4 is 5.97 Å². The van der Waals surface area contributed by atoms with Crippen LogP contribution in [-0.4, -0.2) is 11.6 Å². The predicted molar refractivity (Wildman–Crippen MR) is 99.1 cm³/mol. The summed E-state index contributed by atoms with van der Waals surface area (Å²) in [6.45, 7) is 2.33. The molecular weight excluding hydrogens is 320 g/mol. The normalized spacial score (nSPS) is 63.5. The lowest BCUT2D eigenvalue weighted by Gasteiger charge is -2.56. The van der Waals surface area contributed by atoms with E-state index in [-0.39, 0.29) is 17.0 Å². The Morgan fingerprint density at radius 3 is 2.04 bits per heavy atom. The molecule has 0 amide bonds. The molecule has 142 valence electrons. The van der Waals surface area contributed by atoms with E-state index in [0.717, 1.165) is 66.6 Å². The third-order valence-electron chi connectivity index (χ3n) is 10.9. The molecule has 8 aliphatic carbocycles. The zero-order valence-electron chi connectivity index (χ0n) is 16.3. The average Bonchev–Trinajstić information content (AvgIpc) is 3.31. The highest BCUT2D eigenvalue weighted by molar-refractivity contribution is 5.78. The van der Waals surface area contributed by atoms with Crippen molar-refractivity contribution in [3.8, 4) is 0 Å². The molecule has 8 fully saturated rings. The summed E-state index contributed by atoms with van der Waals surface area (Å²) in [5, 5.41) is 0. The van der Waals surface area contributed by atoms with Crippen LogP contribution in [0.1, 0.15) is 77.6 Å². The van der Waals surface area contributed by atoms with E-state index in [1.54, 1.807) is 0 Å². The third kappa shape index (κ3) is 1.79. The first-order valence-corrected chi connectivity index (χ1v) is 11.8. The molecule has 0 aliphatic heterocycles. The standard InChI is InChI=1S/C24H34O2/c1-23(12-18-8-19(23)21-17-3-2-16(7-17)20(18)21)26-22(25)24-9-13-4-14(10-24)6-15(5-13)11-24/h13-21H,2-12H2,1H3/t13?,14?,15?,16-,17+,18-,19+,20-,21+,23-,24?/m1/s1. The molecule has 0 aromatic rings. The molecule has 0 aromatic heterocycles. The van der Waals surface area contributed by atoms with Crippen LogP contribution >= 0.6 is 0 Å². The van der Waals surface area contributed by atoms with E-state index in [9.17, 15) is 4.79 Å². The minimum Gasteiger partial charge on any atom is -0.459 e. The Bertz CT molecular complexity index is 632. The maximum Gasteiger partial charge on any atom is 0.312 e. The van der Waals surface area contributed by atoms with Crippen molar-refractivity contribution in [3.05, 3.63) is 0 Å². The molecule has 0 heterocycles. The van der Waals surface area contributed by atoms with Crippen molar-refractivity contribution in [2.45, 2.75) is 83.2 Å². The quantitative estimate of drug-likeness (QED) is 0.503. The summed E-state index contributed by atoms with van der Waals surface area (Å²) in [6.07, 6.45) is 14.7. The van der Waals surface area contributed by atoms with Gasteiger partial charge in [0.05, 0.1) is 5.41 Å². The summed E-state index contributed by atoms with van der Waals surface area (Å²) in [5.41, 5.74) is -0.204. The Balaban J connectivity index is 1.15. The molecule has 0 saturated heterocycles. The summed E-state index contributed by atoms with van der Waals surface area (Å²) in [7, 11) is 0. The minimum atomic E-state index is -0.128. The highest BCUT2D eigenvalue weighted by Crippen LogP contribution is 2.70. The van der Waals surface area contributed by atoms with Crippen LogP contribution in [0.2, 0.25) is 0 Å². The van der Waals surface area contributed by atoms with Crippen LogP contribution in [0.3, 0.4) is 0 Å². The highest BCUT2D eigenvalue weighted by Gasteiger charge is 2.67. The summed E-state index contributed by atoms with van der Waals surface area (Å²) >= 11 is 0. The lowest BCUT2D eigenvalue weighted by atomic mass is 9.49. The zero-order chi connectivity index (χ0) is 17.3. The second-order valence-corrected chi connectivity index (χ2v) is 12.2. The number of carbonyl (C=O) groups excluding carboxylic acids is 1. The van der Waals surface area contributed by atoms with E-state index in [4.69, 9.17) is 4.74 Å². The van der Waals surface area contributed by atoms with E-state index >= 15 is 0 Å². The van der Waals surface area contributed by atoms with Crippen LogP contribution in [0.15, 0.2) is 0 Å². The second-order valence-electron chi connectivity index (χ2n) is 12.2. The van der Waals surface area contributed by atoms with Crippen LogP contribution in [0.5, 0.6) is 0 Å². The fourth-order valence-electron chi connectivity index (χ4n) is 10.7. The Kier molecular flexibility index (Phi) is 2.79. The maximum atomic E-state index is 13.6. The zero-order valence-corrected chi connectivity index (χ0v) is 16.3. The Morgan fingerprint density at radius 2 is 1.38 bits per heavy atom. The fourth-order valence-corrected chi connectivity index (χ4v) is 10.7. The van der Waals surface area contributed by atoms with Crippen LogP contribution < -0.4 is 0 Å². The van der Waals surface area contributed by atoms with Gasteiger partial charge in [0, 0.05) is 5.92 Å². The van der Waals surface area contributed by atoms with Crippen molar-refractivity contribution in [1.29, 1.82) is 0 Å². The fraction of sp³-hybridized carbons (Fsp3) is 0.958. The number of carbonyl (C=O) groups is 1. The molecule has 26 heavy (non-hydrogen) atoms. The van der Waals surface area contributed by atoms with Gasteiger partial charge >= 0.3 is 5.97 Å². The summed E-state index contributed by atoms with van der Waals surface area (Å²) in [4.78, 5) is 13.6. The van der Waals surface area contributed by atoms with Gasteiger partial charge in [-0.05, 0) is 125 Å². The first kappa shape index (κ1) is 15.4. The smallest absolute Gasteiger partial charge is 0.312 e. The first-order valence-electron chi connectivity index (χ1n) is 11.8. The number of ether oxygens (including phenoxy) is 1. The van der Waals surface area contributed by atoms with Crippen LogP contribution in [-0.2, 0) is 9.53 Å². The largest absolute Gasteiger partial charge is 0.459 e. The van der Waals surface area contributed by atoms with Gasteiger partial charge in [-0.15, -0.1) is 0 Å². The monoisotopic (exact) mass is 354 g/mol. The van der Waals surface area contributed by atoms with Gasteiger partial charge in [-0.25, -0.2) is 0 Å². The minimum absolute atomic E-state index is 0.0757. The third-order valence-corrected chi connectivity index (χ3v) is 10.9. The number of rotatable bonds is 2. The number of fused-ring (bicyclic) bond motifs is 9. The number of hydrogen-bond acceptors (Lipinski definition) is 2. The van der Waals surface area contributed by atoms with Crippen molar-refractivity contribution in [3.63, 3.8) is 0 Å². The van der Waals surface area contributed by atoms with E-state index < -0.39 is 0 Å². The summed E-state index contributed by atoms with van der Waals surface area (Å²) < 4.78 is 6.59. The lowest BCUT2D eigenvalue weighted by molar-refractivity contribution is -0.194. The first-order chi connectivity index (χ1) is 12.5. The van der Waals surface area contributed by atoms with Crippen molar-refractivity contribution < 1.29 is 9.53 Å². The molecule has 0 radical (unpaired) electrons. The van der Waals surface area contributed by atoms with E-state index in [1.165, 1.54) is 51.4 Å². The number of esters is 1. The van der Waals surface area contributed by atoms with E-state index in [1.807, 2.05) is 0 Å². The molecule has 0 unspecified atom stereocenters. The van der Waals surface area contributed by atoms with E-state index in [0.29, 0.717) is 5.92 Å². The van der Waals surface area contributed by atoms with Crippen molar-refractivity contribution in [1.82, 2.24) is 0 Å². The molecular formula is C24H34O2. The molecule has 2 nitrogen and oxygen atoms in total. The van der Waals surface area contributed by atoms with Crippen LogP contribution in [0, 0.1) is 58.7 Å². The molecule has 8 rings (SSSR count). The van der Waals surface area contributed by atoms with E-state index in [2.05, 4.69) is 6.92 Å². The average molecular weight is 355 g/mol. The molecule has 8 saturated carbocycles. The van der Waals surface area contributed by atoms with Gasteiger partial charge in [0.2, 0.25) is 0 Å². The molecule has 8 aliphatic rings. The van der Waals surface area contributed by atoms with Gasteiger partial charge in [-0.1, -0.05) is 0 Å². The van der Waals surface area contributed by atoms with Crippen LogP contribution in [0.4, 0.5) is 0 Å². The molecule has 8 bridgehead atoms. The van der Waals surface area contributed by atoms with Gasteiger partial charge in [-0.2, -0.15) is 0 Å². The Hall–Kier alpha value is -0.530. The van der Waals surface area contributed by atoms with Gasteiger partial charge in [0.1, 0.15) is 5.60 Å². The molecule has 0 aromatic carbocycles. The van der Waals surface area contributed by atoms with Crippen molar-refractivity contribution in [2.24, 2.45) is 58.7 Å². The molecule has 7 atom stereocenters. The van der Waals surface area contributed by atoms with Gasteiger partial charge in [-0.3, -0.25) is 4.79 Å². The van der Waals surface area contributed by atoms with Gasteiger partial charge < -0.3 is 4.74 Å². The second kappa shape index (κ2) is 4.71. The van der Waals surface area contributed by atoms with Crippen molar-refractivity contribution in [2.75, 3.05) is 0 Å². The van der Waals surface area contributed by atoms with Gasteiger partial charge in [0.25, 0.3) is 0 Å². The Morgan fingerprint density at radius 1 is 0.769 bits per heavy atom. The summed E-state index contributed by atoms with van der Waals surface area (Å²) in [5.74, 6) is 8.20. The van der Waals surface area contributed by atoms with Crippen LogP contribution in [0.25, 0.3) is 0 Å². The molecule has 2 heteroatoms. The molecule has 0 N–H and O–H groups in total. The highest BCUT2D eigenvalue weighted by atomic mass is 16.6. The predicted octanol–water partition coefficient (Wildman–Crippen LogP) is 5.21. The lowest BCUT2D eigenvalue weighted by Crippen LogP contribution is -2.54. The SMILES string of the molecule is C[C@@]1(OC(=O)C23CC4CC(CC(C4)C2)C3)C[C@H]2C[C@H]1[C@@H]1[C@H]3CC[C@H](C3)[C@H]21. The topological polar surface area (TPSA) is 26.3 Å². The summed E-state index contributed by atoms with van der Waals surface area (Å²) in [6, 6.07) is 0.